The standard InChI is InChI=1S/C27H34N6O4/c1-31(2)10-7-25(34)33-13-16-36-22(18-33)19-37-27-26-24(28-8-9-29-26)17-23(30-27)20-3-5-21(6-4-20)32-11-14-35-15-12-32/h3-6,8-9,17,22H,7,10-16,18-19H2,1-2H3/t22-/m0/s1. The van der Waals surface area contributed by atoms with Gasteiger partial charge in [-0.3, -0.25) is 9.78 Å². The van der Waals surface area contributed by atoms with Crippen LogP contribution in [-0.4, -0.2) is 110 Å². The molecule has 37 heavy (non-hydrogen) atoms. The van der Waals surface area contributed by atoms with Crippen LogP contribution in [0.4, 0.5) is 5.69 Å². The molecule has 10 nitrogen and oxygen atoms in total. The zero-order valence-electron chi connectivity index (χ0n) is 21.5. The van der Waals surface area contributed by atoms with Crippen LogP contribution in [0.15, 0.2) is 42.7 Å². The van der Waals surface area contributed by atoms with E-state index in [0.29, 0.717) is 43.0 Å². The number of fused-ring (bicyclic) bond motifs is 1. The Morgan fingerprint density at radius 3 is 2.65 bits per heavy atom. The molecule has 3 aromatic rings. The lowest BCUT2D eigenvalue weighted by molar-refractivity contribution is -0.140. The molecule has 10 heteroatoms. The van der Waals surface area contributed by atoms with E-state index in [4.69, 9.17) is 19.2 Å². The first-order chi connectivity index (χ1) is 18.1. The molecular weight excluding hydrogens is 472 g/mol. The molecule has 1 atom stereocenters. The van der Waals surface area contributed by atoms with Crippen LogP contribution in [0.3, 0.4) is 0 Å². The van der Waals surface area contributed by atoms with Crippen molar-refractivity contribution >= 4 is 22.6 Å². The van der Waals surface area contributed by atoms with Crippen LogP contribution in [0.1, 0.15) is 6.42 Å². The number of hydrogen-bond donors (Lipinski definition) is 0. The Labute approximate surface area is 217 Å². The minimum absolute atomic E-state index is 0.138. The third kappa shape index (κ3) is 6.33. The highest BCUT2D eigenvalue weighted by Crippen LogP contribution is 2.29. The summed E-state index contributed by atoms with van der Waals surface area (Å²) in [4.78, 5) is 32.5. The molecule has 2 aliphatic rings. The van der Waals surface area contributed by atoms with E-state index in [9.17, 15) is 4.79 Å². The third-order valence-electron chi connectivity index (χ3n) is 6.63. The van der Waals surface area contributed by atoms with Crippen molar-refractivity contribution in [3.8, 4) is 17.1 Å². The molecule has 2 aliphatic heterocycles. The maximum absolute atomic E-state index is 12.6. The fraction of sp³-hybridized carbons (Fsp3) is 0.481. The average Bonchev–Trinajstić information content (AvgIpc) is 2.95. The zero-order valence-corrected chi connectivity index (χ0v) is 21.5. The molecule has 5 rings (SSSR count). The fourth-order valence-electron chi connectivity index (χ4n) is 4.55. The maximum atomic E-state index is 12.6. The van der Waals surface area contributed by atoms with Crippen molar-refractivity contribution in [2.24, 2.45) is 0 Å². The Balaban J connectivity index is 1.30. The smallest absolute Gasteiger partial charge is 0.242 e. The number of amides is 1. The van der Waals surface area contributed by atoms with E-state index < -0.39 is 0 Å². The normalized spacial score (nSPS) is 18.4. The predicted octanol–water partition coefficient (Wildman–Crippen LogP) is 2.09. The number of nitrogens with zero attached hydrogens (tertiary/aromatic N) is 6. The van der Waals surface area contributed by atoms with Crippen LogP contribution < -0.4 is 9.64 Å². The molecule has 1 amide bonds. The molecule has 0 aliphatic carbocycles. The molecule has 196 valence electrons. The molecule has 1 aromatic carbocycles. The van der Waals surface area contributed by atoms with Gasteiger partial charge in [0.25, 0.3) is 0 Å². The van der Waals surface area contributed by atoms with Crippen LogP contribution >= 0.6 is 0 Å². The number of carbonyl (C=O) groups is 1. The van der Waals surface area contributed by atoms with E-state index in [-0.39, 0.29) is 18.6 Å². The zero-order chi connectivity index (χ0) is 25.6. The Morgan fingerprint density at radius 2 is 1.86 bits per heavy atom. The topological polar surface area (TPSA) is 93.2 Å². The van der Waals surface area contributed by atoms with Crippen LogP contribution in [0.25, 0.3) is 22.3 Å². The van der Waals surface area contributed by atoms with Gasteiger partial charge < -0.3 is 28.9 Å². The maximum Gasteiger partial charge on any atom is 0.242 e. The van der Waals surface area contributed by atoms with Gasteiger partial charge in [-0.1, -0.05) is 12.1 Å². The van der Waals surface area contributed by atoms with Crippen molar-refractivity contribution in [3.05, 3.63) is 42.7 Å². The first-order valence-electron chi connectivity index (χ1n) is 12.8. The molecule has 0 bridgehead atoms. The van der Waals surface area contributed by atoms with Crippen molar-refractivity contribution in [1.82, 2.24) is 24.8 Å². The highest BCUT2D eigenvalue weighted by molar-refractivity contribution is 5.83. The SMILES string of the molecule is CN(C)CCC(=O)N1CCO[C@H](COc2nc(-c3ccc(N4CCOCC4)cc3)cc3nccnc23)C1. The monoisotopic (exact) mass is 506 g/mol. The lowest BCUT2D eigenvalue weighted by Gasteiger charge is -2.33. The van der Waals surface area contributed by atoms with Crippen molar-refractivity contribution in [2.75, 3.05) is 78.1 Å². The minimum atomic E-state index is -0.234. The second-order valence-electron chi connectivity index (χ2n) is 9.58. The van der Waals surface area contributed by atoms with Crippen molar-refractivity contribution < 1.29 is 19.0 Å². The quantitative estimate of drug-likeness (QED) is 0.455. The molecule has 2 aromatic heterocycles. The van der Waals surface area contributed by atoms with Crippen molar-refractivity contribution in [3.63, 3.8) is 0 Å². The molecule has 0 N–H and O–H groups in total. The summed E-state index contributed by atoms with van der Waals surface area (Å²) in [6.45, 7) is 5.88. The molecule has 0 radical (unpaired) electrons. The Bertz CT molecular complexity index is 1200. The van der Waals surface area contributed by atoms with E-state index in [1.54, 1.807) is 12.4 Å². The number of rotatable bonds is 8. The van der Waals surface area contributed by atoms with Crippen molar-refractivity contribution in [1.29, 1.82) is 0 Å². The number of benzene rings is 1. The largest absolute Gasteiger partial charge is 0.473 e. The van der Waals surface area contributed by atoms with Crippen LogP contribution in [0.2, 0.25) is 0 Å². The highest BCUT2D eigenvalue weighted by atomic mass is 16.5. The predicted molar refractivity (Wildman–Crippen MR) is 141 cm³/mol. The first-order valence-corrected chi connectivity index (χ1v) is 12.8. The summed E-state index contributed by atoms with van der Waals surface area (Å²) in [6, 6.07) is 10.3. The van der Waals surface area contributed by atoms with E-state index in [1.807, 2.05) is 30.0 Å². The summed E-state index contributed by atoms with van der Waals surface area (Å²) in [5.74, 6) is 0.552. The van der Waals surface area contributed by atoms with Gasteiger partial charge in [-0.25, -0.2) is 9.97 Å². The van der Waals surface area contributed by atoms with Gasteiger partial charge in [0, 0.05) is 56.2 Å². The summed E-state index contributed by atoms with van der Waals surface area (Å²) in [7, 11) is 3.94. The molecule has 0 unspecified atom stereocenters. The first kappa shape index (κ1) is 25.3. The number of carbonyl (C=O) groups excluding carboxylic acids is 1. The average molecular weight is 507 g/mol. The number of aromatic nitrogens is 3. The van der Waals surface area contributed by atoms with Gasteiger partial charge >= 0.3 is 0 Å². The van der Waals surface area contributed by atoms with Gasteiger partial charge in [0.1, 0.15) is 12.7 Å². The van der Waals surface area contributed by atoms with Crippen LogP contribution in [-0.2, 0) is 14.3 Å². The van der Waals surface area contributed by atoms with Crippen molar-refractivity contribution in [2.45, 2.75) is 12.5 Å². The Hall–Kier alpha value is -3.34. The van der Waals surface area contributed by atoms with E-state index >= 15 is 0 Å². The summed E-state index contributed by atoms with van der Waals surface area (Å²) in [6.07, 6.45) is 3.56. The molecular formula is C27H34N6O4. The molecule has 2 saturated heterocycles. The lowest BCUT2D eigenvalue weighted by Crippen LogP contribution is -2.48. The van der Waals surface area contributed by atoms with Gasteiger partial charge in [0.2, 0.25) is 11.8 Å². The summed E-state index contributed by atoms with van der Waals surface area (Å²) in [5, 5.41) is 0. The number of ether oxygens (including phenoxy) is 3. The minimum Gasteiger partial charge on any atom is -0.473 e. The Morgan fingerprint density at radius 1 is 1.08 bits per heavy atom. The highest BCUT2D eigenvalue weighted by Gasteiger charge is 2.25. The lowest BCUT2D eigenvalue weighted by atomic mass is 10.1. The van der Waals surface area contributed by atoms with Gasteiger partial charge in [0.15, 0.2) is 5.52 Å². The van der Waals surface area contributed by atoms with Crippen LogP contribution in [0.5, 0.6) is 5.88 Å². The number of pyridine rings is 1. The van der Waals surface area contributed by atoms with Gasteiger partial charge in [0.05, 0.1) is 37.6 Å². The molecule has 2 fully saturated rings. The molecule has 0 saturated carbocycles. The third-order valence-corrected chi connectivity index (χ3v) is 6.63. The second-order valence-corrected chi connectivity index (χ2v) is 9.58. The number of morpholine rings is 2. The fourth-order valence-corrected chi connectivity index (χ4v) is 4.55. The summed E-state index contributed by atoms with van der Waals surface area (Å²) >= 11 is 0. The van der Waals surface area contributed by atoms with E-state index in [0.717, 1.165) is 44.1 Å². The van der Waals surface area contributed by atoms with E-state index in [1.165, 1.54) is 5.69 Å². The molecule has 4 heterocycles. The van der Waals surface area contributed by atoms with E-state index in [2.05, 4.69) is 39.1 Å². The number of anilines is 1. The molecule has 0 spiro atoms. The van der Waals surface area contributed by atoms with Crippen LogP contribution in [0, 0.1) is 0 Å². The Kier molecular flexibility index (Phi) is 8.08. The van der Waals surface area contributed by atoms with Gasteiger partial charge in [-0.15, -0.1) is 0 Å². The summed E-state index contributed by atoms with van der Waals surface area (Å²) in [5.41, 5.74) is 4.22. The number of hydrogen-bond acceptors (Lipinski definition) is 9. The van der Waals surface area contributed by atoms with Gasteiger partial charge in [-0.05, 0) is 32.3 Å². The summed E-state index contributed by atoms with van der Waals surface area (Å²) < 4.78 is 17.5. The van der Waals surface area contributed by atoms with Gasteiger partial charge in [-0.2, -0.15) is 0 Å². The second kappa shape index (κ2) is 11.8.